The molecule has 9 nitrogen and oxygen atoms in total. The Balaban J connectivity index is 1.12. The van der Waals surface area contributed by atoms with Gasteiger partial charge in [0.05, 0.1) is 19.8 Å². The second-order valence-corrected chi connectivity index (χ2v) is 9.29. The molecule has 1 fully saturated rings. The van der Waals surface area contributed by atoms with Crippen molar-refractivity contribution >= 4 is 23.3 Å². The number of urea groups is 1. The predicted octanol–water partition coefficient (Wildman–Crippen LogP) is 4.69. The lowest BCUT2D eigenvalue weighted by Gasteiger charge is -2.32. The number of hydrogen-bond donors (Lipinski definition) is 2. The van der Waals surface area contributed by atoms with E-state index < -0.39 is 0 Å². The van der Waals surface area contributed by atoms with E-state index in [0.717, 1.165) is 29.7 Å². The molecule has 1 aliphatic heterocycles. The summed E-state index contributed by atoms with van der Waals surface area (Å²) in [6.45, 7) is 1.75. The van der Waals surface area contributed by atoms with Gasteiger partial charge in [-0.1, -0.05) is 12.1 Å². The predicted molar refractivity (Wildman–Crippen MR) is 145 cm³/mol. The van der Waals surface area contributed by atoms with E-state index in [1.807, 2.05) is 46.0 Å². The van der Waals surface area contributed by atoms with Crippen molar-refractivity contribution in [1.82, 2.24) is 19.6 Å². The Morgan fingerprint density at radius 1 is 0.974 bits per heavy atom. The first-order chi connectivity index (χ1) is 18.5. The number of hydrogen-bond acceptors (Lipinski definition) is 5. The van der Waals surface area contributed by atoms with Gasteiger partial charge in [-0.25, -0.2) is 9.78 Å². The van der Waals surface area contributed by atoms with E-state index in [2.05, 4.69) is 27.8 Å². The largest absolute Gasteiger partial charge is 0.497 e. The Morgan fingerprint density at radius 2 is 1.76 bits per heavy atom. The molecule has 0 unspecified atom stereocenters. The van der Waals surface area contributed by atoms with Crippen LogP contribution in [-0.2, 0) is 6.54 Å². The van der Waals surface area contributed by atoms with E-state index in [1.54, 1.807) is 38.6 Å². The number of methoxy groups -OCH3 is 2. The first-order valence-electron chi connectivity index (χ1n) is 12.6. The van der Waals surface area contributed by atoms with E-state index in [4.69, 9.17) is 9.47 Å². The summed E-state index contributed by atoms with van der Waals surface area (Å²) in [5.74, 6) is 1.50. The number of nitrogens with one attached hydrogen (secondary N) is 2. The van der Waals surface area contributed by atoms with Crippen LogP contribution in [0, 0.1) is 0 Å². The summed E-state index contributed by atoms with van der Waals surface area (Å²) in [7, 11) is 3.14. The molecule has 1 saturated heterocycles. The lowest BCUT2D eigenvalue weighted by Crippen LogP contribution is -2.38. The first-order valence-corrected chi connectivity index (χ1v) is 12.6. The van der Waals surface area contributed by atoms with Gasteiger partial charge < -0.3 is 29.4 Å². The second-order valence-electron chi connectivity index (χ2n) is 9.29. The zero-order chi connectivity index (χ0) is 26.5. The van der Waals surface area contributed by atoms with Crippen LogP contribution in [-0.4, -0.2) is 53.5 Å². The monoisotopic (exact) mass is 513 g/mol. The van der Waals surface area contributed by atoms with Crippen LogP contribution < -0.4 is 20.1 Å². The molecule has 5 rings (SSSR count). The van der Waals surface area contributed by atoms with Crippen molar-refractivity contribution in [3.8, 4) is 11.5 Å². The van der Waals surface area contributed by atoms with Gasteiger partial charge in [0.1, 0.15) is 17.1 Å². The van der Waals surface area contributed by atoms with Gasteiger partial charge in [-0.05, 0) is 66.3 Å². The van der Waals surface area contributed by atoms with Gasteiger partial charge in [-0.2, -0.15) is 0 Å². The summed E-state index contributed by atoms with van der Waals surface area (Å²) in [5, 5.41) is 5.77. The summed E-state index contributed by atoms with van der Waals surface area (Å²) in [5.41, 5.74) is 4.30. The van der Waals surface area contributed by atoms with Gasteiger partial charge in [0.15, 0.2) is 0 Å². The normalized spacial score (nSPS) is 13.8. The van der Waals surface area contributed by atoms with Crippen LogP contribution >= 0.6 is 0 Å². The minimum absolute atomic E-state index is 0.0294. The average molecular weight is 514 g/mol. The molecular formula is C29H31N5O4. The molecule has 0 saturated carbocycles. The number of anilines is 1. The number of carbonyl (C=O) groups excluding carboxylic acids is 2. The maximum Gasteiger partial charge on any atom is 0.319 e. The van der Waals surface area contributed by atoms with Crippen molar-refractivity contribution in [2.75, 3.05) is 32.6 Å². The number of ether oxygens (including phenoxy) is 2. The van der Waals surface area contributed by atoms with E-state index >= 15 is 0 Å². The lowest BCUT2D eigenvalue weighted by molar-refractivity contribution is 0.0709. The molecule has 2 N–H and O–H groups in total. The Bertz CT molecular complexity index is 1420. The Kier molecular flexibility index (Phi) is 7.44. The molecule has 3 heterocycles. The van der Waals surface area contributed by atoms with Crippen LogP contribution in [0.5, 0.6) is 11.5 Å². The summed E-state index contributed by atoms with van der Waals surface area (Å²) < 4.78 is 12.6. The van der Waals surface area contributed by atoms with Gasteiger partial charge in [0.2, 0.25) is 0 Å². The number of aromatic nitrogens is 2. The minimum Gasteiger partial charge on any atom is -0.497 e. The van der Waals surface area contributed by atoms with Crippen molar-refractivity contribution in [1.29, 1.82) is 0 Å². The van der Waals surface area contributed by atoms with Crippen LogP contribution in [0.25, 0.3) is 5.65 Å². The van der Waals surface area contributed by atoms with E-state index in [1.165, 1.54) is 5.56 Å². The highest BCUT2D eigenvalue weighted by atomic mass is 16.5. The molecular weight excluding hydrogens is 482 g/mol. The number of pyridine rings is 1. The highest BCUT2D eigenvalue weighted by Crippen LogP contribution is 2.31. The van der Waals surface area contributed by atoms with E-state index in [0.29, 0.717) is 42.6 Å². The molecule has 38 heavy (non-hydrogen) atoms. The third kappa shape index (κ3) is 5.56. The summed E-state index contributed by atoms with van der Waals surface area (Å²) in [4.78, 5) is 31.6. The SMILES string of the molecule is COc1ccc(C(=O)N2CCC(c3ccc(NC(=O)NCc4ccn5ccnc5c4)cc3)CC2)c(OC)c1. The third-order valence-electron chi connectivity index (χ3n) is 6.98. The zero-order valence-corrected chi connectivity index (χ0v) is 21.5. The van der Waals surface area contributed by atoms with Gasteiger partial charge in [0.25, 0.3) is 5.91 Å². The standard InChI is InChI=1S/C29H31N5O4/c1-37-24-7-8-25(26(18-24)38-2)28(35)34-14-10-22(11-15-34)21-3-5-23(6-4-21)32-29(36)31-19-20-9-13-33-16-12-30-27(33)17-20/h3-9,12-13,16-18,22H,10-11,14-15,19H2,1-2H3,(H2,31,32,36). The number of likely N-dealkylation sites (tertiary alicyclic amines) is 1. The molecule has 2 aromatic heterocycles. The summed E-state index contributed by atoms with van der Waals surface area (Å²) in [6.07, 6.45) is 7.29. The number of amides is 3. The maximum atomic E-state index is 13.1. The number of benzene rings is 2. The van der Waals surface area contributed by atoms with Crippen molar-refractivity contribution in [3.63, 3.8) is 0 Å². The highest BCUT2D eigenvalue weighted by molar-refractivity contribution is 5.97. The van der Waals surface area contributed by atoms with Gasteiger partial charge in [0, 0.05) is 50.0 Å². The molecule has 0 atom stereocenters. The third-order valence-corrected chi connectivity index (χ3v) is 6.98. The van der Waals surface area contributed by atoms with Crippen LogP contribution in [0.2, 0.25) is 0 Å². The number of carbonyl (C=O) groups is 2. The minimum atomic E-state index is -0.262. The fraction of sp³-hybridized carbons (Fsp3) is 0.276. The van der Waals surface area contributed by atoms with Gasteiger partial charge in [-0.15, -0.1) is 0 Å². The summed E-state index contributed by atoms with van der Waals surface area (Å²) in [6, 6.07) is 16.9. The zero-order valence-electron chi connectivity index (χ0n) is 21.5. The quantitative estimate of drug-likeness (QED) is 0.374. The Morgan fingerprint density at radius 3 is 2.50 bits per heavy atom. The van der Waals surface area contributed by atoms with Crippen LogP contribution in [0.1, 0.15) is 40.2 Å². The van der Waals surface area contributed by atoms with Crippen LogP contribution in [0.15, 0.2) is 73.2 Å². The Labute approximate surface area is 221 Å². The van der Waals surface area contributed by atoms with Crippen molar-refractivity contribution in [3.05, 3.63) is 89.9 Å². The first kappa shape index (κ1) is 25.1. The molecule has 0 bridgehead atoms. The Hall–Kier alpha value is -4.53. The van der Waals surface area contributed by atoms with E-state index in [9.17, 15) is 9.59 Å². The van der Waals surface area contributed by atoms with E-state index in [-0.39, 0.29) is 11.9 Å². The smallest absolute Gasteiger partial charge is 0.319 e. The molecule has 3 amide bonds. The van der Waals surface area contributed by atoms with Crippen LogP contribution in [0.3, 0.4) is 0 Å². The fourth-order valence-corrected chi connectivity index (χ4v) is 4.82. The van der Waals surface area contributed by atoms with Gasteiger partial charge in [-0.3, -0.25) is 4.79 Å². The average Bonchev–Trinajstić information content (AvgIpc) is 3.44. The molecule has 0 spiro atoms. The number of piperidine rings is 1. The lowest BCUT2D eigenvalue weighted by atomic mass is 9.89. The number of rotatable bonds is 7. The highest BCUT2D eigenvalue weighted by Gasteiger charge is 2.26. The molecule has 0 radical (unpaired) electrons. The number of imidazole rings is 1. The fourth-order valence-electron chi connectivity index (χ4n) is 4.82. The number of fused-ring (bicyclic) bond motifs is 1. The molecule has 196 valence electrons. The molecule has 2 aromatic carbocycles. The van der Waals surface area contributed by atoms with Crippen molar-refractivity contribution in [2.45, 2.75) is 25.3 Å². The topological polar surface area (TPSA) is 97.2 Å². The van der Waals surface area contributed by atoms with Crippen molar-refractivity contribution < 1.29 is 19.1 Å². The number of nitrogens with zero attached hydrogens (tertiary/aromatic N) is 3. The van der Waals surface area contributed by atoms with Crippen LogP contribution in [0.4, 0.5) is 10.5 Å². The van der Waals surface area contributed by atoms with Gasteiger partial charge >= 0.3 is 6.03 Å². The van der Waals surface area contributed by atoms with Crippen molar-refractivity contribution in [2.24, 2.45) is 0 Å². The summed E-state index contributed by atoms with van der Waals surface area (Å²) >= 11 is 0. The molecule has 4 aromatic rings. The molecule has 9 heteroatoms. The molecule has 1 aliphatic rings. The molecule has 0 aliphatic carbocycles. The second kappa shape index (κ2) is 11.2. The maximum absolute atomic E-state index is 13.1.